The van der Waals surface area contributed by atoms with Crippen LogP contribution in [0.15, 0.2) is 55.0 Å². The quantitative estimate of drug-likeness (QED) is 0.392. The first-order valence-electron chi connectivity index (χ1n) is 9.36. The lowest BCUT2D eigenvalue weighted by molar-refractivity contribution is -0.143. The molecular weight excluding hydrogens is 480 g/mol. The first-order valence-corrected chi connectivity index (χ1v) is 9.74. The number of alkyl halides is 3. The third-order valence-corrected chi connectivity index (χ3v) is 4.98. The zero-order valence-corrected chi connectivity index (χ0v) is 17.6. The van der Waals surface area contributed by atoms with E-state index in [1.807, 2.05) is 0 Å². The lowest BCUT2D eigenvalue weighted by Gasteiger charge is -2.11. The number of halogens is 5. The molecule has 0 saturated heterocycles. The first kappa shape index (κ1) is 23.0. The standard InChI is InChI=1S/C21H13ClF4N6O2/c22-16-14(5-7-30-19(16)27)34-13-4-3-10(8-12(13)23)17-15(20(28)33)18(21(24,25)26)32(31-17)11-2-1-6-29-9-11/h1-9H,(H2,27,30)(H2,28,33). The lowest BCUT2D eigenvalue weighted by Crippen LogP contribution is -2.21. The number of hydrogen-bond acceptors (Lipinski definition) is 6. The van der Waals surface area contributed by atoms with Crippen LogP contribution in [0.25, 0.3) is 16.9 Å². The lowest BCUT2D eigenvalue weighted by atomic mass is 10.0. The molecule has 8 nitrogen and oxygen atoms in total. The summed E-state index contributed by atoms with van der Waals surface area (Å²) in [4.78, 5) is 19.6. The van der Waals surface area contributed by atoms with Crippen molar-refractivity contribution in [1.29, 1.82) is 0 Å². The molecular formula is C21H13ClF4N6O2. The molecule has 1 aromatic carbocycles. The summed E-state index contributed by atoms with van der Waals surface area (Å²) in [6.07, 6.45) is -1.23. The molecule has 34 heavy (non-hydrogen) atoms. The third kappa shape index (κ3) is 4.22. The summed E-state index contributed by atoms with van der Waals surface area (Å²) in [5, 5.41) is 3.87. The van der Waals surface area contributed by atoms with Crippen LogP contribution in [0.4, 0.5) is 23.4 Å². The molecule has 4 aromatic rings. The van der Waals surface area contributed by atoms with Crippen molar-refractivity contribution in [3.8, 4) is 28.4 Å². The number of ether oxygens (including phenoxy) is 1. The van der Waals surface area contributed by atoms with Crippen LogP contribution in [0.3, 0.4) is 0 Å². The number of rotatable bonds is 5. The minimum Gasteiger partial charge on any atom is -0.453 e. The normalized spacial score (nSPS) is 11.4. The Morgan fingerprint density at radius 2 is 1.88 bits per heavy atom. The van der Waals surface area contributed by atoms with Gasteiger partial charge in [-0.3, -0.25) is 9.78 Å². The van der Waals surface area contributed by atoms with Crippen molar-refractivity contribution in [1.82, 2.24) is 19.7 Å². The Kier molecular flexibility index (Phi) is 5.83. The van der Waals surface area contributed by atoms with Gasteiger partial charge in [-0.25, -0.2) is 14.1 Å². The van der Waals surface area contributed by atoms with E-state index in [0.717, 1.165) is 18.3 Å². The Balaban J connectivity index is 1.84. The minimum atomic E-state index is -5.01. The maximum Gasteiger partial charge on any atom is 0.434 e. The monoisotopic (exact) mass is 492 g/mol. The van der Waals surface area contributed by atoms with Crippen molar-refractivity contribution in [2.75, 3.05) is 5.73 Å². The Morgan fingerprint density at radius 1 is 1.12 bits per heavy atom. The molecule has 4 rings (SSSR count). The highest BCUT2D eigenvalue weighted by Crippen LogP contribution is 2.39. The molecule has 174 valence electrons. The molecule has 1 amide bonds. The van der Waals surface area contributed by atoms with Crippen molar-refractivity contribution in [2.45, 2.75) is 6.18 Å². The van der Waals surface area contributed by atoms with Crippen molar-refractivity contribution in [2.24, 2.45) is 5.73 Å². The van der Waals surface area contributed by atoms with Crippen LogP contribution in [0.2, 0.25) is 5.02 Å². The number of primary amides is 1. The van der Waals surface area contributed by atoms with Gasteiger partial charge in [0.2, 0.25) is 0 Å². The van der Waals surface area contributed by atoms with Gasteiger partial charge in [0, 0.05) is 24.0 Å². The first-order chi connectivity index (χ1) is 16.1. The van der Waals surface area contributed by atoms with Crippen LogP contribution in [-0.2, 0) is 6.18 Å². The SMILES string of the molecule is NC(=O)c1c(-c2ccc(Oc3ccnc(N)c3Cl)c(F)c2)nn(-c2cccnc2)c1C(F)(F)F. The average molecular weight is 493 g/mol. The smallest absolute Gasteiger partial charge is 0.434 e. The van der Waals surface area contributed by atoms with Crippen molar-refractivity contribution in [3.05, 3.63) is 77.1 Å². The van der Waals surface area contributed by atoms with Crippen LogP contribution < -0.4 is 16.2 Å². The predicted octanol–water partition coefficient (Wildman–Crippen LogP) is 4.61. The van der Waals surface area contributed by atoms with Crippen LogP contribution in [0.5, 0.6) is 11.5 Å². The van der Waals surface area contributed by atoms with Crippen LogP contribution >= 0.6 is 11.6 Å². The van der Waals surface area contributed by atoms with Crippen LogP contribution in [-0.4, -0.2) is 25.7 Å². The molecule has 0 aliphatic carbocycles. The molecule has 13 heteroatoms. The number of pyridine rings is 2. The molecule has 0 aliphatic heterocycles. The Bertz CT molecular complexity index is 1390. The van der Waals surface area contributed by atoms with Gasteiger partial charge in [-0.1, -0.05) is 11.6 Å². The van der Waals surface area contributed by atoms with Gasteiger partial charge in [-0.15, -0.1) is 0 Å². The fraction of sp³-hybridized carbons (Fsp3) is 0.0476. The molecule has 0 bridgehead atoms. The summed E-state index contributed by atoms with van der Waals surface area (Å²) in [6.45, 7) is 0. The number of nitrogens with zero attached hydrogens (tertiary/aromatic N) is 4. The summed E-state index contributed by atoms with van der Waals surface area (Å²) < 4.78 is 62.5. The molecule has 0 unspecified atom stereocenters. The number of carbonyl (C=O) groups is 1. The summed E-state index contributed by atoms with van der Waals surface area (Å²) in [6, 6.07) is 7.27. The fourth-order valence-corrected chi connectivity index (χ4v) is 3.30. The minimum absolute atomic E-state index is 0.0128. The Morgan fingerprint density at radius 3 is 2.50 bits per heavy atom. The van der Waals surface area contributed by atoms with Gasteiger partial charge in [-0.2, -0.15) is 18.3 Å². The molecule has 0 atom stereocenters. The van der Waals surface area contributed by atoms with E-state index in [-0.39, 0.29) is 33.6 Å². The van der Waals surface area contributed by atoms with E-state index < -0.39 is 34.9 Å². The summed E-state index contributed by atoms with van der Waals surface area (Å²) >= 11 is 5.99. The highest BCUT2D eigenvalue weighted by atomic mass is 35.5. The van der Waals surface area contributed by atoms with Gasteiger partial charge < -0.3 is 16.2 Å². The second kappa shape index (κ2) is 8.63. The summed E-state index contributed by atoms with van der Waals surface area (Å²) in [5.74, 6) is -2.69. The number of aromatic nitrogens is 4. The number of amides is 1. The summed E-state index contributed by atoms with van der Waals surface area (Å²) in [7, 11) is 0. The molecule has 3 aromatic heterocycles. The average Bonchev–Trinajstić information content (AvgIpc) is 3.20. The Hall–Kier alpha value is -4.19. The van der Waals surface area contributed by atoms with E-state index in [9.17, 15) is 22.4 Å². The molecule has 4 N–H and O–H groups in total. The van der Waals surface area contributed by atoms with E-state index in [4.69, 9.17) is 27.8 Å². The zero-order chi connectivity index (χ0) is 24.6. The zero-order valence-electron chi connectivity index (χ0n) is 16.8. The predicted molar refractivity (Wildman–Crippen MR) is 114 cm³/mol. The van der Waals surface area contributed by atoms with E-state index in [0.29, 0.717) is 4.68 Å². The van der Waals surface area contributed by atoms with Gasteiger partial charge in [0.15, 0.2) is 23.0 Å². The molecule has 0 spiro atoms. The van der Waals surface area contributed by atoms with Crippen molar-refractivity contribution < 1.29 is 27.1 Å². The summed E-state index contributed by atoms with van der Waals surface area (Å²) in [5.41, 5.74) is 7.84. The fourth-order valence-electron chi connectivity index (χ4n) is 3.15. The van der Waals surface area contributed by atoms with Crippen molar-refractivity contribution in [3.63, 3.8) is 0 Å². The molecule has 0 saturated carbocycles. The second-order valence-electron chi connectivity index (χ2n) is 6.81. The number of carbonyl (C=O) groups excluding carboxylic acids is 1. The van der Waals surface area contributed by atoms with Crippen LogP contribution in [0, 0.1) is 5.82 Å². The van der Waals surface area contributed by atoms with Gasteiger partial charge >= 0.3 is 6.18 Å². The maximum atomic E-state index is 14.9. The number of hydrogen-bond donors (Lipinski definition) is 2. The largest absolute Gasteiger partial charge is 0.453 e. The maximum absolute atomic E-state index is 14.9. The molecule has 0 aliphatic rings. The topological polar surface area (TPSA) is 122 Å². The van der Waals surface area contributed by atoms with Gasteiger partial charge in [0.1, 0.15) is 16.5 Å². The molecule has 0 fully saturated rings. The van der Waals surface area contributed by atoms with Crippen molar-refractivity contribution >= 4 is 23.3 Å². The van der Waals surface area contributed by atoms with E-state index in [1.165, 1.54) is 36.7 Å². The highest BCUT2D eigenvalue weighted by molar-refractivity contribution is 6.34. The van der Waals surface area contributed by atoms with Gasteiger partial charge in [0.05, 0.1) is 17.4 Å². The second-order valence-corrected chi connectivity index (χ2v) is 7.19. The van der Waals surface area contributed by atoms with Crippen LogP contribution in [0.1, 0.15) is 16.1 Å². The van der Waals surface area contributed by atoms with E-state index in [2.05, 4.69) is 15.1 Å². The third-order valence-electron chi connectivity index (χ3n) is 4.60. The van der Waals surface area contributed by atoms with E-state index in [1.54, 1.807) is 0 Å². The number of nitrogen functional groups attached to an aromatic ring is 1. The van der Waals surface area contributed by atoms with E-state index >= 15 is 0 Å². The Labute approximate surface area is 193 Å². The highest BCUT2D eigenvalue weighted by Gasteiger charge is 2.42. The molecule has 0 radical (unpaired) electrons. The van der Waals surface area contributed by atoms with Gasteiger partial charge in [0.25, 0.3) is 5.91 Å². The number of anilines is 1. The molecule has 3 heterocycles. The number of nitrogens with two attached hydrogens (primary N) is 2. The van der Waals surface area contributed by atoms with Gasteiger partial charge in [-0.05, 0) is 30.3 Å². The number of benzene rings is 1.